The molecule has 0 radical (unpaired) electrons. The highest BCUT2D eigenvalue weighted by Gasteiger charge is 2.41. The van der Waals surface area contributed by atoms with Gasteiger partial charge < -0.3 is 19.1 Å². The third-order valence-corrected chi connectivity index (χ3v) is 7.33. The molecular weight excluding hydrogens is 527 g/mol. The number of hydrogen-bond acceptors (Lipinski definition) is 6. The Kier molecular flexibility index (Phi) is 7.45. The SMILES string of the molecule is CCC(CCOc1ccc(-c2nc3c(OC4(C)CC4)ncnc3n2Cc2cccc(Cl)c2)c(Cl)c1)C(=O)O. The molecule has 198 valence electrons. The first kappa shape index (κ1) is 26.3. The van der Waals surface area contributed by atoms with Crippen LogP contribution in [0, 0.1) is 5.92 Å². The Bertz CT molecular complexity index is 1490. The number of aromatic nitrogens is 4. The molecule has 0 spiro atoms. The number of nitrogens with zero attached hydrogens (tertiary/aromatic N) is 4. The van der Waals surface area contributed by atoms with Crippen molar-refractivity contribution in [2.45, 2.75) is 51.7 Å². The normalized spacial score (nSPS) is 14.8. The monoisotopic (exact) mass is 554 g/mol. The van der Waals surface area contributed by atoms with Crippen molar-refractivity contribution in [1.29, 1.82) is 0 Å². The van der Waals surface area contributed by atoms with Crippen LogP contribution < -0.4 is 9.47 Å². The number of aliphatic carboxylic acids is 1. The van der Waals surface area contributed by atoms with E-state index in [0.29, 0.717) is 63.6 Å². The van der Waals surface area contributed by atoms with Crippen LogP contribution in [0.4, 0.5) is 0 Å². The van der Waals surface area contributed by atoms with Gasteiger partial charge in [0.05, 0.1) is 24.1 Å². The van der Waals surface area contributed by atoms with E-state index in [1.807, 2.05) is 41.8 Å². The van der Waals surface area contributed by atoms with Crippen molar-refractivity contribution in [3.63, 3.8) is 0 Å². The van der Waals surface area contributed by atoms with E-state index in [2.05, 4.69) is 16.9 Å². The molecule has 2 aromatic heterocycles. The summed E-state index contributed by atoms with van der Waals surface area (Å²) < 4.78 is 14.0. The van der Waals surface area contributed by atoms with Crippen LogP contribution in [0.15, 0.2) is 48.8 Å². The van der Waals surface area contributed by atoms with Crippen molar-refractivity contribution in [2.24, 2.45) is 5.92 Å². The Morgan fingerprint density at radius 2 is 2.00 bits per heavy atom. The summed E-state index contributed by atoms with van der Waals surface area (Å²) in [6.07, 6.45) is 4.39. The molecule has 1 fully saturated rings. The molecular formula is C28H28Cl2N4O4. The molecule has 5 rings (SSSR count). The quantitative estimate of drug-likeness (QED) is 0.221. The van der Waals surface area contributed by atoms with Gasteiger partial charge in [-0.2, -0.15) is 4.98 Å². The van der Waals surface area contributed by atoms with Crippen molar-refractivity contribution < 1.29 is 19.4 Å². The molecule has 0 bridgehead atoms. The summed E-state index contributed by atoms with van der Waals surface area (Å²) in [7, 11) is 0. The lowest BCUT2D eigenvalue weighted by Crippen LogP contribution is -2.15. The summed E-state index contributed by atoms with van der Waals surface area (Å²) >= 11 is 13.0. The highest BCUT2D eigenvalue weighted by molar-refractivity contribution is 6.33. The van der Waals surface area contributed by atoms with E-state index >= 15 is 0 Å². The average molecular weight is 555 g/mol. The summed E-state index contributed by atoms with van der Waals surface area (Å²) in [5.74, 6) is 0.361. The number of imidazole rings is 1. The van der Waals surface area contributed by atoms with Gasteiger partial charge in [-0.25, -0.2) is 9.97 Å². The standard InChI is InChI=1S/C28H28Cl2N4O4/c1-3-18(27(35)36)9-12-37-20-7-8-21(22(30)14-20)24-33-23-25(31-16-32-26(23)38-28(2)10-11-28)34(24)15-17-5-4-6-19(29)13-17/h4-8,13-14,16,18H,3,9-12,15H2,1-2H3,(H,35,36). The highest BCUT2D eigenvalue weighted by Crippen LogP contribution is 2.41. The van der Waals surface area contributed by atoms with Gasteiger partial charge in [0.25, 0.3) is 0 Å². The molecule has 0 aliphatic heterocycles. The highest BCUT2D eigenvalue weighted by atomic mass is 35.5. The van der Waals surface area contributed by atoms with Gasteiger partial charge in [-0.15, -0.1) is 0 Å². The molecule has 1 N–H and O–H groups in total. The number of hydrogen-bond donors (Lipinski definition) is 1. The number of carboxylic acid groups (broad SMARTS) is 1. The van der Waals surface area contributed by atoms with Crippen LogP contribution in [0.5, 0.6) is 11.6 Å². The van der Waals surface area contributed by atoms with E-state index in [-0.39, 0.29) is 12.2 Å². The van der Waals surface area contributed by atoms with E-state index in [1.165, 1.54) is 6.33 Å². The minimum atomic E-state index is -0.815. The molecule has 1 aliphatic carbocycles. The van der Waals surface area contributed by atoms with Crippen LogP contribution in [0.25, 0.3) is 22.6 Å². The van der Waals surface area contributed by atoms with E-state index in [4.69, 9.17) is 37.7 Å². The number of carboxylic acids is 1. The van der Waals surface area contributed by atoms with Gasteiger partial charge in [-0.05, 0) is 68.5 Å². The number of halogens is 2. The second-order valence-electron chi connectivity index (χ2n) is 9.78. The Morgan fingerprint density at radius 3 is 2.68 bits per heavy atom. The van der Waals surface area contributed by atoms with Gasteiger partial charge in [0, 0.05) is 10.6 Å². The van der Waals surface area contributed by atoms with Crippen LogP contribution in [0.1, 0.15) is 45.1 Å². The van der Waals surface area contributed by atoms with Gasteiger partial charge in [0.1, 0.15) is 23.5 Å². The fourth-order valence-electron chi connectivity index (χ4n) is 4.26. The fraction of sp³-hybridized carbons (Fsp3) is 0.357. The predicted octanol–water partition coefficient (Wildman–Crippen LogP) is 6.66. The number of carbonyl (C=O) groups is 1. The van der Waals surface area contributed by atoms with Crippen LogP contribution in [-0.2, 0) is 11.3 Å². The zero-order valence-corrected chi connectivity index (χ0v) is 22.7. The van der Waals surface area contributed by atoms with E-state index < -0.39 is 11.9 Å². The fourth-order valence-corrected chi connectivity index (χ4v) is 4.73. The number of fused-ring (bicyclic) bond motifs is 1. The Balaban J connectivity index is 1.50. The van der Waals surface area contributed by atoms with Crippen LogP contribution in [-0.4, -0.2) is 42.8 Å². The molecule has 1 saturated carbocycles. The first-order chi connectivity index (χ1) is 18.3. The summed E-state index contributed by atoms with van der Waals surface area (Å²) in [6.45, 7) is 4.65. The minimum absolute atomic E-state index is 0.230. The second-order valence-corrected chi connectivity index (χ2v) is 10.6. The molecule has 1 atom stereocenters. The zero-order valence-electron chi connectivity index (χ0n) is 21.2. The predicted molar refractivity (Wildman–Crippen MR) is 146 cm³/mol. The van der Waals surface area contributed by atoms with E-state index in [1.54, 1.807) is 12.1 Å². The first-order valence-corrected chi connectivity index (χ1v) is 13.3. The van der Waals surface area contributed by atoms with Crippen LogP contribution in [0.3, 0.4) is 0 Å². The van der Waals surface area contributed by atoms with Gasteiger partial charge in [-0.3, -0.25) is 4.79 Å². The molecule has 4 aromatic rings. The maximum atomic E-state index is 11.3. The molecule has 38 heavy (non-hydrogen) atoms. The first-order valence-electron chi connectivity index (χ1n) is 12.6. The van der Waals surface area contributed by atoms with E-state index in [9.17, 15) is 9.90 Å². The smallest absolute Gasteiger partial charge is 0.306 e. The topological polar surface area (TPSA) is 99.4 Å². The summed E-state index contributed by atoms with van der Waals surface area (Å²) in [6, 6.07) is 13.0. The maximum absolute atomic E-state index is 11.3. The molecule has 8 nitrogen and oxygen atoms in total. The second kappa shape index (κ2) is 10.8. The van der Waals surface area contributed by atoms with E-state index in [0.717, 1.165) is 18.4 Å². The average Bonchev–Trinajstić information content (AvgIpc) is 3.50. The Morgan fingerprint density at radius 1 is 1.18 bits per heavy atom. The lowest BCUT2D eigenvalue weighted by Gasteiger charge is -2.13. The van der Waals surface area contributed by atoms with Crippen molar-refractivity contribution in [1.82, 2.24) is 19.5 Å². The van der Waals surface area contributed by atoms with Crippen molar-refractivity contribution in [3.8, 4) is 23.0 Å². The summed E-state index contributed by atoms with van der Waals surface area (Å²) in [4.78, 5) is 25.1. The Hall–Kier alpha value is -3.36. The number of benzene rings is 2. The molecule has 1 aliphatic rings. The van der Waals surface area contributed by atoms with Crippen molar-refractivity contribution in [3.05, 3.63) is 64.4 Å². The third kappa shape index (κ3) is 5.71. The van der Waals surface area contributed by atoms with Crippen LogP contribution >= 0.6 is 23.2 Å². The van der Waals surface area contributed by atoms with Gasteiger partial charge in [0.15, 0.2) is 11.2 Å². The molecule has 2 aromatic carbocycles. The molecule has 10 heteroatoms. The van der Waals surface area contributed by atoms with Gasteiger partial charge >= 0.3 is 5.97 Å². The molecule has 0 saturated heterocycles. The summed E-state index contributed by atoms with van der Waals surface area (Å²) in [5.41, 5.74) is 2.64. The molecule has 2 heterocycles. The van der Waals surface area contributed by atoms with Crippen LogP contribution in [0.2, 0.25) is 10.0 Å². The molecule has 1 unspecified atom stereocenters. The van der Waals surface area contributed by atoms with Crippen molar-refractivity contribution in [2.75, 3.05) is 6.61 Å². The largest absolute Gasteiger partial charge is 0.494 e. The molecule has 0 amide bonds. The maximum Gasteiger partial charge on any atom is 0.306 e. The lowest BCUT2D eigenvalue weighted by molar-refractivity contribution is -0.142. The number of ether oxygens (including phenoxy) is 2. The lowest BCUT2D eigenvalue weighted by atomic mass is 10.0. The Labute approximate surface area is 230 Å². The minimum Gasteiger partial charge on any atom is -0.494 e. The van der Waals surface area contributed by atoms with Crippen molar-refractivity contribution >= 4 is 40.3 Å². The van der Waals surface area contributed by atoms with Gasteiger partial charge in [-0.1, -0.05) is 42.3 Å². The van der Waals surface area contributed by atoms with Gasteiger partial charge in [0.2, 0.25) is 5.88 Å². The summed E-state index contributed by atoms with van der Waals surface area (Å²) in [5, 5.41) is 10.3. The third-order valence-electron chi connectivity index (χ3n) is 6.78. The zero-order chi connectivity index (χ0) is 26.9. The number of rotatable bonds is 11.